The molecule has 0 aromatic carbocycles. The van der Waals surface area contributed by atoms with Crippen molar-refractivity contribution in [3.8, 4) is 0 Å². The Kier molecular flexibility index (Phi) is 7.08. The summed E-state index contributed by atoms with van der Waals surface area (Å²) in [5.74, 6) is 0.350. The quantitative estimate of drug-likeness (QED) is 0.626. The van der Waals surface area contributed by atoms with Gasteiger partial charge in [0.1, 0.15) is 0 Å². The predicted molar refractivity (Wildman–Crippen MR) is 45.9 cm³/mol. The molecule has 0 aliphatic carbocycles. The van der Waals surface area contributed by atoms with Gasteiger partial charge in [-0.15, -0.1) is 34.8 Å². The lowest BCUT2D eigenvalue weighted by molar-refractivity contribution is 0.203. The van der Waals surface area contributed by atoms with Crippen LogP contribution in [0.4, 0.5) is 0 Å². The van der Waals surface area contributed by atoms with Crippen molar-refractivity contribution in [2.45, 2.75) is 17.7 Å². The zero-order valence-corrected chi connectivity index (χ0v) is 7.96. The lowest BCUT2D eigenvalue weighted by Gasteiger charge is -2.11. The first kappa shape index (κ1) is 10.8. The molecule has 0 bridgehead atoms. The average molecular weight is 205 g/mol. The van der Waals surface area contributed by atoms with Crippen LogP contribution in [0.1, 0.15) is 6.92 Å². The Balaban J connectivity index is 3.31. The largest absolute Gasteiger partial charge is 0.374 e. The third-order valence-corrected chi connectivity index (χ3v) is 2.47. The summed E-state index contributed by atoms with van der Waals surface area (Å²) in [5, 5.41) is -0.432. The standard InChI is InChI=1S/C6H10Cl3O/c1-2-10-4-6(9)5(8)3-7/h2,5-6H,3-4H2,1H3. The van der Waals surface area contributed by atoms with Crippen LogP contribution in [0, 0.1) is 6.61 Å². The number of alkyl halides is 3. The lowest BCUT2D eigenvalue weighted by Crippen LogP contribution is -2.21. The Morgan fingerprint density at radius 1 is 1.40 bits per heavy atom. The SMILES string of the molecule is C[CH]OCC(Cl)C(Cl)CCl. The highest BCUT2D eigenvalue weighted by atomic mass is 35.5. The van der Waals surface area contributed by atoms with E-state index in [9.17, 15) is 0 Å². The molecule has 0 aliphatic heterocycles. The van der Waals surface area contributed by atoms with E-state index >= 15 is 0 Å². The molecular weight excluding hydrogens is 194 g/mol. The number of ether oxygens (including phenoxy) is 1. The number of hydrogen-bond acceptors (Lipinski definition) is 1. The van der Waals surface area contributed by atoms with E-state index in [4.69, 9.17) is 39.5 Å². The van der Waals surface area contributed by atoms with E-state index in [0.717, 1.165) is 0 Å². The van der Waals surface area contributed by atoms with Crippen molar-refractivity contribution in [2.75, 3.05) is 12.5 Å². The molecule has 0 saturated carbocycles. The van der Waals surface area contributed by atoms with E-state index in [1.54, 1.807) is 13.5 Å². The van der Waals surface area contributed by atoms with Gasteiger partial charge in [0.15, 0.2) is 0 Å². The molecule has 1 radical (unpaired) electrons. The molecule has 0 heterocycles. The van der Waals surface area contributed by atoms with Crippen LogP contribution < -0.4 is 0 Å². The third-order valence-electron chi connectivity index (χ3n) is 0.962. The first-order valence-electron chi connectivity index (χ1n) is 2.96. The maximum absolute atomic E-state index is 5.75. The molecule has 61 valence electrons. The molecule has 0 fully saturated rings. The summed E-state index contributed by atoms with van der Waals surface area (Å²) < 4.78 is 4.92. The van der Waals surface area contributed by atoms with E-state index in [0.29, 0.717) is 12.5 Å². The van der Waals surface area contributed by atoms with Gasteiger partial charge in [-0.05, 0) is 6.92 Å². The summed E-state index contributed by atoms with van der Waals surface area (Å²) in [6.07, 6.45) is 0. The van der Waals surface area contributed by atoms with Gasteiger partial charge in [0.25, 0.3) is 0 Å². The van der Waals surface area contributed by atoms with Gasteiger partial charge in [-0.3, -0.25) is 0 Å². The summed E-state index contributed by atoms with van der Waals surface area (Å²) in [5.41, 5.74) is 0. The molecule has 2 unspecified atom stereocenters. The first-order chi connectivity index (χ1) is 4.72. The maximum Gasteiger partial charge on any atom is 0.0806 e. The second-order valence-electron chi connectivity index (χ2n) is 1.76. The van der Waals surface area contributed by atoms with Crippen LogP contribution in [0.3, 0.4) is 0 Å². The van der Waals surface area contributed by atoms with E-state index in [1.807, 2.05) is 0 Å². The third kappa shape index (κ3) is 4.62. The topological polar surface area (TPSA) is 9.23 Å². The fraction of sp³-hybridized carbons (Fsp3) is 0.833. The molecule has 1 nitrogen and oxygen atoms in total. The number of hydrogen-bond donors (Lipinski definition) is 0. The normalized spacial score (nSPS) is 16.8. The van der Waals surface area contributed by atoms with Crippen molar-refractivity contribution in [1.29, 1.82) is 0 Å². The van der Waals surface area contributed by atoms with Gasteiger partial charge in [-0.1, -0.05) is 0 Å². The molecule has 10 heavy (non-hydrogen) atoms. The fourth-order valence-corrected chi connectivity index (χ4v) is 0.930. The summed E-state index contributed by atoms with van der Waals surface area (Å²) in [7, 11) is 0. The van der Waals surface area contributed by atoms with Crippen LogP contribution in [0.25, 0.3) is 0 Å². The molecule has 0 aliphatic rings. The highest BCUT2D eigenvalue weighted by Gasteiger charge is 2.14. The molecule has 0 aromatic heterocycles. The molecule has 2 atom stereocenters. The van der Waals surface area contributed by atoms with Crippen molar-refractivity contribution >= 4 is 34.8 Å². The maximum atomic E-state index is 5.75. The van der Waals surface area contributed by atoms with Crippen LogP contribution in [-0.2, 0) is 4.74 Å². The van der Waals surface area contributed by atoms with E-state index in [2.05, 4.69) is 0 Å². The van der Waals surface area contributed by atoms with Crippen molar-refractivity contribution in [1.82, 2.24) is 0 Å². The smallest absolute Gasteiger partial charge is 0.0806 e. The minimum absolute atomic E-state index is 0.213. The van der Waals surface area contributed by atoms with Crippen LogP contribution in [0.5, 0.6) is 0 Å². The van der Waals surface area contributed by atoms with Crippen LogP contribution in [0.15, 0.2) is 0 Å². The van der Waals surface area contributed by atoms with Gasteiger partial charge in [0.2, 0.25) is 0 Å². The Labute approximate surface area is 76.6 Å². The zero-order valence-electron chi connectivity index (χ0n) is 5.69. The molecule has 0 amide bonds. The number of rotatable bonds is 5. The van der Waals surface area contributed by atoms with Crippen molar-refractivity contribution in [3.63, 3.8) is 0 Å². The molecular formula is C6H10Cl3O. The second kappa shape index (κ2) is 6.53. The minimum atomic E-state index is -0.219. The lowest BCUT2D eigenvalue weighted by atomic mass is 10.3. The summed E-state index contributed by atoms with van der Waals surface area (Å²) in [6.45, 7) is 3.78. The molecule has 4 heteroatoms. The molecule has 0 N–H and O–H groups in total. The van der Waals surface area contributed by atoms with E-state index in [1.165, 1.54) is 0 Å². The van der Waals surface area contributed by atoms with Gasteiger partial charge >= 0.3 is 0 Å². The summed E-state index contributed by atoms with van der Waals surface area (Å²) >= 11 is 16.9. The van der Waals surface area contributed by atoms with Crippen LogP contribution in [-0.4, -0.2) is 23.2 Å². The van der Waals surface area contributed by atoms with Gasteiger partial charge in [0, 0.05) is 5.88 Å². The fourth-order valence-electron chi connectivity index (χ4n) is 0.389. The summed E-state index contributed by atoms with van der Waals surface area (Å²) in [4.78, 5) is 0. The first-order valence-corrected chi connectivity index (χ1v) is 4.36. The molecule has 0 rings (SSSR count). The van der Waals surface area contributed by atoms with Crippen LogP contribution >= 0.6 is 34.8 Å². The molecule has 0 saturated heterocycles. The summed E-state index contributed by atoms with van der Waals surface area (Å²) in [6, 6.07) is 0. The van der Waals surface area contributed by atoms with Gasteiger partial charge in [-0.2, -0.15) is 0 Å². The molecule has 0 spiro atoms. The van der Waals surface area contributed by atoms with Crippen molar-refractivity contribution in [3.05, 3.63) is 6.61 Å². The van der Waals surface area contributed by atoms with Crippen molar-refractivity contribution in [2.24, 2.45) is 0 Å². The van der Waals surface area contributed by atoms with Crippen LogP contribution in [0.2, 0.25) is 0 Å². The molecule has 0 aromatic rings. The average Bonchev–Trinajstić information content (AvgIpc) is 1.98. The monoisotopic (exact) mass is 203 g/mol. The van der Waals surface area contributed by atoms with Crippen molar-refractivity contribution < 1.29 is 4.74 Å². The van der Waals surface area contributed by atoms with E-state index < -0.39 is 0 Å². The van der Waals surface area contributed by atoms with Gasteiger partial charge in [-0.25, -0.2) is 0 Å². The predicted octanol–water partition coefficient (Wildman–Crippen LogP) is 2.64. The van der Waals surface area contributed by atoms with Gasteiger partial charge < -0.3 is 4.74 Å². The zero-order chi connectivity index (χ0) is 7.98. The minimum Gasteiger partial charge on any atom is -0.374 e. The second-order valence-corrected chi connectivity index (χ2v) is 3.19. The highest BCUT2D eigenvalue weighted by Crippen LogP contribution is 2.12. The number of halogens is 3. The Hall–Kier alpha value is 0.830. The Morgan fingerprint density at radius 2 is 2.00 bits per heavy atom. The Bertz CT molecular complexity index is 79.4. The Morgan fingerprint density at radius 3 is 2.40 bits per heavy atom. The highest BCUT2D eigenvalue weighted by molar-refractivity contribution is 6.33. The van der Waals surface area contributed by atoms with Gasteiger partial charge in [0.05, 0.1) is 24.0 Å². The van der Waals surface area contributed by atoms with E-state index in [-0.39, 0.29) is 10.8 Å².